The van der Waals surface area contributed by atoms with E-state index in [1.807, 2.05) is 6.07 Å². The summed E-state index contributed by atoms with van der Waals surface area (Å²) >= 11 is 0. The van der Waals surface area contributed by atoms with Gasteiger partial charge in [-0.3, -0.25) is 10.1 Å². The van der Waals surface area contributed by atoms with Crippen LogP contribution in [0.5, 0.6) is 5.75 Å². The standard InChI is InChI=1S/C27H30N8O4/c36-24(21-10-12-22(13-11-21)35(37)38)39-23-9-7-8-20(18-23)19-28-32-25-29-26(33-14-3-1-4-15-33)31-27(30-25)34-16-5-2-6-17-34/h7-13,18-19H,1-6,14-17H2,(H,29,30,31,32)/b28-19-. The Balaban J connectivity index is 1.27. The molecule has 2 aromatic carbocycles. The van der Waals surface area contributed by atoms with E-state index in [-0.39, 0.29) is 11.3 Å². The first-order valence-corrected chi connectivity index (χ1v) is 13.2. The predicted molar refractivity (Wildman–Crippen MR) is 148 cm³/mol. The Kier molecular flexibility index (Phi) is 8.20. The fraction of sp³-hybridized carbons (Fsp3) is 0.370. The van der Waals surface area contributed by atoms with Gasteiger partial charge in [0.2, 0.25) is 17.8 Å². The van der Waals surface area contributed by atoms with Gasteiger partial charge in [-0.1, -0.05) is 12.1 Å². The van der Waals surface area contributed by atoms with Crippen LogP contribution in [0, 0.1) is 10.1 Å². The molecule has 202 valence electrons. The number of nitro benzene ring substituents is 1. The third kappa shape index (κ3) is 6.83. The van der Waals surface area contributed by atoms with Crippen LogP contribution in [-0.4, -0.2) is 58.2 Å². The number of nitro groups is 1. The van der Waals surface area contributed by atoms with E-state index in [0.717, 1.165) is 51.9 Å². The summed E-state index contributed by atoms with van der Waals surface area (Å²) in [5.74, 6) is 1.43. The molecule has 12 heteroatoms. The number of nitrogens with one attached hydrogen (secondary N) is 1. The minimum Gasteiger partial charge on any atom is -0.423 e. The summed E-state index contributed by atoms with van der Waals surface area (Å²) in [5.41, 5.74) is 3.75. The van der Waals surface area contributed by atoms with E-state index in [4.69, 9.17) is 9.72 Å². The van der Waals surface area contributed by atoms with Crippen molar-refractivity contribution in [2.75, 3.05) is 41.4 Å². The molecule has 2 fully saturated rings. The Morgan fingerprint density at radius 1 is 0.897 bits per heavy atom. The molecule has 0 saturated carbocycles. The number of aromatic nitrogens is 3. The molecule has 0 amide bonds. The topological polar surface area (TPSA) is 139 Å². The van der Waals surface area contributed by atoms with Crippen molar-refractivity contribution < 1.29 is 14.5 Å². The molecule has 0 unspecified atom stereocenters. The van der Waals surface area contributed by atoms with Crippen molar-refractivity contribution in [1.82, 2.24) is 15.0 Å². The smallest absolute Gasteiger partial charge is 0.343 e. The number of hydrogen-bond donors (Lipinski definition) is 1. The van der Waals surface area contributed by atoms with Crippen LogP contribution in [0.1, 0.15) is 54.4 Å². The Hall–Kier alpha value is -4.61. The van der Waals surface area contributed by atoms with E-state index in [9.17, 15) is 14.9 Å². The molecule has 0 spiro atoms. The number of benzene rings is 2. The van der Waals surface area contributed by atoms with Gasteiger partial charge < -0.3 is 14.5 Å². The van der Waals surface area contributed by atoms with E-state index in [2.05, 4.69) is 30.3 Å². The molecule has 1 aromatic heterocycles. The fourth-order valence-electron chi connectivity index (χ4n) is 4.58. The van der Waals surface area contributed by atoms with Crippen molar-refractivity contribution in [2.45, 2.75) is 38.5 Å². The summed E-state index contributed by atoms with van der Waals surface area (Å²) in [6, 6.07) is 12.1. The van der Waals surface area contributed by atoms with Gasteiger partial charge in [-0.25, -0.2) is 10.2 Å². The third-order valence-corrected chi connectivity index (χ3v) is 6.65. The SMILES string of the molecule is O=C(Oc1cccc(/C=N\Nc2nc(N3CCCCC3)nc(N3CCCCC3)n2)c1)c1ccc([N+](=O)[O-])cc1. The monoisotopic (exact) mass is 530 g/mol. The average Bonchev–Trinajstić information content (AvgIpc) is 2.98. The number of hydrazone groups is 1. The molecule has 0 radical (unpaired) electrons. The van der Waals surface area contributed by atoms with Gasteiger partial charge in [-0.15, -0.1) is 0 Å². The highest BCUT2D eigenvalue weighted by Crippen LogP contribution is 2.23. The van der Waals surface area contributed by atoms with Crippen LogP contribution in [0.3, 0.4) is 0 Å². The maximum absolute atomic E-state index is 12.5. The van der Waals surface area contributed by atoms with Crippen LogP contribution in [0.4, 0.5) is 23.5 Å². The van der Waals surface area contributed by atoms with Crippen LogP contribution in [-0.2, 0) is 0 Å². The van der Waals surface area contributed by atoms with Crippen molar-refractivity contribution in [3.8, 4) is 5.75 Å². The lowest BCUT2D eigenvalue weighted by molar-refractivity contribution is -0.384. The van der Waals surface area contributed by atoms with E-state index in [1.165, 1.54) is 37.1 Å². The number of rotatable bonds is 8. The number of anilines is 3. The zero-order chi connectivity index (χ0) is 27.0. The number of hydrogen-bond acceptors (Lipinski definition) is 11. The second kappa shape index (κ2) is 12.3. The number of carbonyl (C=O) groups excluding carboxylic acids is 1. The zero-order valence-corrected chi connectivity index (χ0v) is 21.5. The second-order valence-corrected chi connectivity index (χ2v) is 9.49. The fourth-order valence-corrected chi connectivity index (χ4v) is 4.58. The average molecular weight is 531 g/mol. The predicted octanol–water partition coefficient (Wildman–Crippen LogP) is 4.43. The third-order valence-electron chi connectivity index (χ3n) is 6.65. The Labute approximate surface area is 225 Å². The minimum absolute atomic E-state index is 0.0958. The van der Waals surface area contributed by atoms with Crippen molar-refractivity contribution >= 4 is 35.7 Å². The summed E-state index contributed by atoms with van der Waals surface area (Å²) in [7, 11) is 0. The normalized spacial score (nSPS) is 15.8. The van der Waals surface area contributed by atoms with Crippen molar-refractivity contribution in [3.05, 3.63) is 69.8 Å². The number of ether oxygens (including phenoxy) is 1. The van der Waals surface area contributed by atoms with Gasteiger partial charge in [0.15, 0.2) is 0 Å². The molecule has 2 aliphatic heterocycles. The van der Waals surface area contributed by atoms with Gasteiger partial charge in [0.1, 0.15) is 5.75 Å². The summed E-state index contributed by atoms with van der Waals surface area (Å²) in [6.07, 6.45) is 8.52. The first-order valence-electron chi connectivity index (χ1n) is 13.2. The summed E-state index contributed by atoms with van der Waals surface area (Å²) < 4.78 is 5.44. The van der Waals surface area contributed by atoms with Gasteiger partial charge in [0, 0.05) is 38.3 Å². The highest BCUT2D eigenvalue weighted by atomic mass is 16.6. The molecular formula is C27H30N8O4. The van der Waals surface area contributed by atoms with E-state index in [0.29, 0.717) is 29.2 Å². The molecule has 12 nitrogen and oxygen atoms in total. The lowest BCUT2D eigenvalue weighted by Crippen LogP contribution is -2.34. The first kappa shape index (κ1) is 26.0. The molecule has 0 aliphatic carbocycles. The molecule has 0 bridgehead atoms. The lowest BCUT2D eigenvalue weighted by Gasteiger charge is -2.30. The molecular weight excluding hydrogens is 500 g/mol. The summed E-state index contributed by atoms with van der Waals surface area (Å²) in [6.45, 7) is 3.71. The zero-order valence-electron chi connectivity index (χ0n) is 21.5. The van der Waals surface area contributed by atoms with E-state index in [1.54, 1.807) is 24.4 Å². The van der Waals surface area contributed by atoms with Crippen LogP contribution in [0.15, 0.2) is 53.6 Å². The van der Waals surface area contributed by atoms with E-state index < -0.39 is 10.9 Å². The van der Waals surface area contributed by atoms with Gasteiger partial charge in [0.25, 0.3) is 5.69 Å². The quantitative estimate of drug-likeness (QED) is 0.146. The van der Waals surface area contributed by atoms with Crippen LogP contribution >= 0.6 is 0 Å². The number of nitrogens with zero attached hydrogens (tertiary/aromatic N) is 7. The number of piperidine rings is 2. The van der Waals surface area contributed by atoms with Gasteiger partial charge in [-0.2, -0.15) is 20.1 Å². The van der Waals surface area contributed by atoms with E-state index >= 15 is 0 Å². The Morgan fingerprint density at radius 2 is 1.51 bits per heavy atom. The van der Waals surface area contributed by atoms with Crippen molar-refractivity contribution in [2.24, 2.45) is 5.10 Å². The largest absolute Gasteiger partial charge is 0.423 e. The molecule has 0 atom stereocenters. The van der Waals surface area contributed by atoms with Gasteiger partial charge >= 0.3 is 5.97 Å². The maximum atomic E-state index is 12.5. The Bertz CT molecular complexity index is 1300. The van der Waals surface area contributed by atoms with Crippen LogP contribution in [0.25, 0.3) is 0 Å². The maximum Gasteiger partial charge on any atom is 0.343 e. The second-order valence-electron chi connectivity index (χ2n) is 9.49. The minimum atomic E-state index is -0.613. The number of non-ortho nitro benzene ring substituents is 1. The molecule has 1 N–H and O–H groups in total. The molecule has 2 aliphatic rings. The molecule has 39 heavy (non-hydrogen) atoms. The molecule has 5 rings (SSSR count). The summed E-state index contributed by atoms with van der Waals surface area (Å²) in [4.78, 5) is 41.2. The molecule has 3 heterocycles. The van der Waals surface area contributed by atoms with Crippen molar-refractivity contribution in [1.29, 1.82) is 0 Å². The lowest BCUT2D eigenvalue weighted by atomic mass is 10.1. The Morgan fingerprint density at radius 3 is 2.10 bits per heavy atom. The summed E-state index contributed by atoms with van der Waals surface area (Å²) in [5, 5.41) is 15.1. The van der Waals surface area contributed by atoms with Crippen molar-refractivity contribution in [3.63, 3.8) is 0 Å². The molecule has 3 aromatic rings. The first-order chi connectivity index (χ1) is 19.0. The van der Waals surface area contributed by atoms with Crippen LogP contribution in [0.2, 0.25) is 0 Å². The number of carbonyl (C=O) groups is 1. The highest BCUT2D eigenvalue weighted by Gasteiger charge is 2.20. The van der Waals surface area contributed by atoms with Gasteiger partial charge in [-0.05, 0) is 68.4 Å². The van der Waals surface area contributed by atoms with Crippen LogP contribution < -0.4 is 20.0 Å². The number of esters is 1. The van der Waals surface area contributed by atoms with Gasteiger partial charge in [0.05, 0.1) is 16.7 Å². The molecule has 2 saturated heterocycles. The highest BCUT2D eigenvalue weighted by molar-refractivity contribution is 5.91.